The summed E-state index contributed by atoms with van der Waals surface area (Å²) in [6, 6.07) is -0.725. The molecule has 19 heavy (non-hydrogen) atoms. The van der Waals surface area contributed by atoms with Gasteiger partial charge in [0.25, 0.3) is 0 Å². The Morgan fingerprint density at radius 3 is 2.58 bits per heavy atom. The van der Waals surface area contributed by atoms with Gasteiger partial charge in [0, 0.05) is 18.0 Å². The standard InChI is InChI=1S/C13H21N3O3/c1-9(12(18)19)16-8-10(14-15-16)6-5-7-11(17)13(2,3)4/h8-9H,5-7H2,1-4H3,(H,18,19). The molecule has 0 saturated heterocycles. The molecule has 1 aromatic rings. The second-order valence-electron chi connectivity index (χ2n) is 5.73. The second-order valence-corrected chi connectivity index (χ2v) is 5.73. The van der Waals surface area contributed by atoms with Crippen LogP contribution in [0.3, 0.4) is 0 Å². The van der Waals surface area contributed by atoms with Crippen LogP contribution in [0, 0.1) is 5.41 Å². The quantitative estimate of drug-likeness (QED) is 0.850. The summed E-state index contributed by atoms with van der Waals surface area (Å²) in [4.78, 5) is 22.5. The molecule has 0 aromatic carbocycles. The van der Waals surface area contributed by atoms with Crippen molar-refractivity contribution >= 4 is 11.8 Å². The number of carboxylic acids is 1. The summed E-state index contributed by atoms with van der Waals surface area (Å²) in [5, 5.41) is 16.6. The van der Waals surface area contributed by atoms with Crippen molar-refractivity contribution in [1.29, 1.82) is 0 Å². The van der Waals surface area contributed by atoms with E-state index < -0.39 is 12.0 Å². The van der Waals surface area contributed by atoms with Gasteiger partial charge in [-0.1, -0.05) is 26.0 Å². The van der Waals surface area contributed by atoms with Crippen LogP contribution in [0.5, 0.6) is 0 Å². The smallest absolute Gasteiger partial charge is 0.328 e. The lowest BCUT2D eigenvalue weighted by molar-refractivity contribution is -0.140. The molecule has 0 aliphatic heterocycles. The van der Waals surface area contributed by atoms with Gasteiger partial charge in [-0.2, -0.15) is 0 Å². The maximum atomic E-state index is 11.7. The monoisotopic (exact) mass is 267 g/mol. The highest BCUT2D eigenvalue weighted by molar-refractivity contribution is 5.83. The number of rotatable bonds is 6. The molecule has 0 radical (unpaired) electrons. The first-order chi connectivity index (χ1) is 8.71. The highest BCUT2D eigenvalue weighted by Crippen LogP contribution is 2.18. The van der Waals surface area contributed by atoms with Crippen molar-refractivity contribution in [3.8, 4) is 0 Å². The minimum atomic E-state index is -0.945. The van der Waals surface area contributed by atoms with E-state index in [1.165, 1.54) is 4.68 Å². The zero-order valence-electron chi connectivity index (χ0n) is 11.9. The Bertz CT molecular complexity index is 460. The Morgan fingerprint density at radius 2 is 2.05 bits per heavy atom. The topological polar surface area (TPSA) is 85.1 Å². The first kappa shape index (κ1) is 15.3. The molecule has 0 amide bonds. The van der Waals surface area contributed by atoms with Crippen molar-refractivity contribution < 1.29 is 14.7 Å². The fourth-order valence-corrected chi connectivity index (χ4v) is 1.54. The van der Waals surface area contributed by atoms with Gasteiger partial charge in [0.2, 0.25) is 0 Å². The molecule has 1 atom stereocenters. The maximum Gasteiger partial charge on any atom is 0.328 e. The predicted molar refractivity (Wildman–Crippen MR) is 69.8 cm³/mol. The second kappa shape index (κ2) is 5.95. The molecule has 1 aromatic heterocycles. The highest BCUT2D eigenvalue weighted by Gasteiger charge is 2.20. The number of carboxylic acid groups (broad SMARTS) is 1. The van der Waals surface area contributed by atoms with E-state index in [2.05, 4.69) is 10.3 Å². The SMILES string of the molecule is CC(C(=O)O)n1cc(CCCC(=O)C(C)(C)C)nn1. The van der Waals surface area contributed by atoms with Gasteiger partial charge in [-0.05, 0) is 19.8 Å². The number of aromatic nitrogens is 3. The lowest BCUT2D eigenvalue weighted by Gasteiger charge is -2.15. The molecule has 6 nitrogen and oxygen atoms in total. The van der Waals surface area contributed by atoms with Crippen LogP contribution in [-0.2, 0) is 16.0 Å². The molecule has 1 unspecified atom stereocenters. The molecular weight excluding hydrogens is 246 g/mol. The van der Waals surface area contributed by atoms with Crippen LogP contribution in [0.15, 0.2) is 6.20 Å². The zero-order valence-corrected chi connectivity index (χ0v) is 11.9. The summed E-state index contributed by atoms with van der Waals surface area (Å²) in [7, 11) is 0. The van der Waals surface area contributed by atoms with Crippen molar-refractivity contribution in [2.45, 2.75) is 53.0 Å². The van der Waals surface area contributed by atoms with Gasteiger partial charge >= 0.3 is 5.97 Å². The maximum absolute atomic E-state index is 11.7. The van der Waals surface area contributed by atoms with E-state index in [4.69, 9.17) is 5.11 Å². The third-order valence-corrected chi connectivity index (χ3v) is 2.99. The lowest BCUT2D eigenvalue weighted by atomic mass is 9.88. The van der Waals surface area contributed by atoms with Crippen LogP contribution in [0.1, 0.15) is 52.3 Å². The first-order valence-corrected chi connectivity index (χ1v) is 6.38. The summed E-state index contributed by atoms with van der Waals surface area (Å²) in [6.07, 6.45) is 3.47. The summed E-state index contributed by atoms with van der Waals surface area (Å²) >= 11 is 0. The Labute approximate surface area is 112 Å². The van der Waals surface area contributed by atoms with Gasteiger partial charge in [0.05, 0.1) is 5.69 Å². The van der Waals surface area contributed by atoms with Crippen LogP contribution in [0.25, 0.3) is 0 Å². The molecule has 0 aliphatic carbocycles. The highest BCUT2D eigenvalue weighted by atomic mass is 16.4. The summed E-state index contributed by atoms with van der Waals surface area (Å²) < 4.78 is 1.32. The van der Waals surface area contributed by atoms with E-state index in [0.717, 1.165) is 5.69 Å². The van der Waals surface area contributed by atoms with Gasteiger partial charge in [-0.3, -0.25) is 4.79 Å². The van der Waals surface area contributed by atoms with Crippen molar-refractivity contribution in [2.24, 2.45) is 5.41 Å². The number of hydrogen-bond donors (Lipinski definition) is 1. The molecule has 1 rings (SSSR count). The van der Waals surface area contributed by atoms with E-state index in [9.17, 15) is 9.59 Å². The van der Waals surface area contributed by atoms with Crippen molar-refractivity contribution in [3.63, 3.8) is 0 Å². The lowest BCUT2D eigenvalue weighted by Crippen LogP contribution is -2.19. The summed E-state index contributed by atoms with van der Waals surface area (Å²) in [5.74, 6) is -0.724. The molecule has 1 heterocycles. The van der Waals surface area contributed by atoms with Crippen LogP contribution in [0.2, 0.25) is 0 Å². The number of aryl methyl sites for hydroxylation is 1. The van der Waals surface area contributed by atoms with Gasteiger partial charge < -0.3 is 5.11 Å². The molecule has 0 spiro atoms. The molecule has 0 fully saturated rings. The van der Waals surface area contributed by atoms with Gasteiger partial charge in [0.1, 0.15) is 11.8 Å². The largest absolute Gasteiger partial charge is 0.480 e. The number of ketones is 1. The zero-order chi connectivity index (χ0) is 14.6. The summed E-state index contributed by atoms with van der Waals surface area (Å²) in [6.45, 7) is 7.25. The van der Waals surface area contributed by atoms with Crippen molar-refractivity contribution in [2.75, 3.05) is 0 Å². The van der Waals surface area contributed by atoms with E-state index >= 15 is 0 Å². The Morgan fingerprint density at radius 1 is 1.42 bits per heavy atom. The van der Waals surface area contributed by atoms with Gasteiger partial charge in [-0.25, -0.2) is 9.48 Å². The first-order valence-electron chi connectivity index (χ1n) is 6.38. The predicted octanol–water partition coefficient (Wildman–Crippen LogP) is 1.86. The van der Waals surface area contributed by atoms with Gasteiger partial charge in [-0.15, -0.1) is 5.10 Å². The molecule has 0 aliphatic rings. The fraction of sp³-hybridized carbons (Fsp3) is 0.692. The molecule has 6 heteroatoms. The average Bonchev–Trinajstić information content (AvgIpc) is 2.75. The number of hydrogen-bond acceptors (Lipinski definition) is 4. The van der Waals surface area contributed by atoms with Crippen LogP contribution >= 0.6 is 0 Å². The van der Waals surface area contributed by atoms with Crippen LogP contribution < -0.4 is 0 Å². The molecule has 106 valence electrons. The van der Waals surface area contributed by atoms with Crippen molar-refractivity contribution in [1.82, 2.24) is 15.0 Å². The Hall–Kier alpha value is -1.72. The van der Waals surface area contributed by atoms with Crippen LogP contribution in [0.4, 0.5) is 0 Å². The fourth-order valence-electron chi connectivity index (χ4n) is 1.54. The van der Waals surface area contributed by atoms with E-state index in [1.807, 2.05) is 20.8 Å². The summed E-state index contributed by atoms with van der Waals surface area (Å²) in [5.41, 5.74) is 0.407. The Balaban J connectivity index is 2.47. The number of nitrogens with zero attached hydrogens (tertiary/aromatic N) is 3. The number of aliphatic carboxylic acids is 1. The van der Waals surface area contributed by atoms with Crippen molar-refractivity contribution in [3.05, 3.63) is 11.9 Å². The minimum absolute atomic E-state index is 0.221. The molecule has 0 saturated carbocycles. The molecule has 1 N–H and O–H groups in total. The molecule has 0 bridgehead atoms. The van der Waals surface area contributed by atoms with E-state index in [-0.39, 0.29) is 11.2 Å². The number of carbonyl (C=O) groups is 2. The number of Topliss-reactive ketones (excluding diaryl/α,β-unsaturated/α-hetero) is 1. The van der Waals surface area contributed by atoms with E-state index in [1.54, 1.807) is 13.1 Å². The number of carbonyl (C=O) groups excluding carboxylic acids is 1. The molecular formula is C13H21N3O3. The van der Waals surface area contributed by atoms with Gasteiger partial charge in [0.15, 0.2) is 0 Å². The van der Waals surface area contributed by atoms with E-state index in [0.29, 0.717) is 19.3 Å². The normalized spacial score (nSPS) is 13.3. The Kier molecular flexibility index (Phi) is 4.80. The van der Waals surface area contributed by atoms with Crippen LogP contribution in [-0.4, -0.2) is 31.9 Å². The third kappa shape index (κ3) is 4.46. The average molecular weight is 267 g/mol. The minimum Gasteiger partial charge on any atom is -0.480 e. The third-order valence-electron chi connectivity index (χ3n) is 2.99.